The summed E-state index contributed by atoms with van der Waals surface area (Å²) in [6.45, 7) is 3.97. The quantitative estimate of drug-likeness (QED) is 0.923. The minimum atomic E-state index is -0.977. The minimum absolute atomic E-state index is 0.535. The Morgan fingerprint density at radius 2 is 2.10 bits per heavy atom. The number of nitrogens with zero attached hydrogens (tertiary/aromatic N) is 4. The third-order valence-corrected chi connectivity index (χ3v) is 4.09. The highest BCUT2D eigenvalue weighted by molar-refractivity contribution is 5.79. The van der Waals surface area contributed by atoms with Gasteiger partial charge in [0.15, 0.2) is 11.4 Å². The fourth-order valence-corrected chi connectivity index (χ4v) is 2.65. The summed E-state index contributed by atoms with van der Waals surface area (Å²) in [5.41, 5.74) is 2.04. The van der Waals surface area contributed by atoms with E-state index in [4.69, 9.17) is 0 Å². The molecule has 0 amide bonds. The van der Waals surface area contributed by atoms with Crippen molar-refractivity contribution in [3.8, 4) is 11.4 Å². The topological polar surface area (TPSA) is 80.9 Å². The van der Waals surface area contributed by atoms with E-state index in [-0.39, 0.29) is 0 Å². The van der Waals surface area contributed by atoms with E-state index in [1.807, 2.05) is 32.0 Å². The number of hydrogen-bond donors (Lipinski definition) is 1. The highest BCUT2D eigenvalue weighted by Gasteiger charge is 2.49. The number of aromatic nitrogens is 4. The van der Waals surface area contributed by atoms with E-state index in [0.717, 1.165) is 23.1 Å². The standard InChI is InChI=1S/C14H16N4O2/c1-9-4-5-10(2)11(8-9)12-15-16-17-18(12)14(13(19)20)6-3-7-14/h4-5,8H,3,6-7H2,1-2H3,(H,19,20). The molecule has 0 unspecified atom stereocenters. The van der Waals surface area contributed by atoms with Gasteiger partial charge in [-0.05, 0) is 55.2 Å². The molecule has 0 saturated heterocycles. The van der Waals surface area contributed by atoms with Gasteiger partial charge >= 0.3 is 5.97 Å². The molecule has 3 rings (SSSR count). The lowest BCUT2D eigenvalue weighted by Gasteiger charge is -2.37. The first-order valence-electron chi connectivity index (χ1n) is 6.64. The lowest BCUT2D eigenvalue weighted by Crippen LogP contribution is -2.48. The monoisotopic (exact) mass is 272 g/mol. The molecule has 20 heavy (non-hydrogen) atoms. The maximum atomic E-state index is 11.6. The van der Waals surface area contributed by atoms with Crippen molar-refractivity contribution in [2.45, 2.75) is 38.6 Å². The Morgan fingerprint density at radius 3 is 2.70 bits per heavy atom. The van der Waals surface area contributed by atoms with Crippen LogP contribution in [0.1, 0.15) is 30.4 Å². The van der Waals surface area contributed by atoms with Crippen molar-refractivity contribution < 1.29 is 9.90 Å². The summed E-state index contributed by atoms with van der Waals surface area (Å²) in [6.07, 6.45) is 2.04. The number of carboxylic acid groups (broad SMARTS) is 1. The van der Waals surface area contributed by atoms with Crippen molar-refractivity contribution in [1.29, 1.82) is 0 Å². The predicted molar refractivity (Wildman–Crippen MR) is 72.2 cm³/mol. The van der Waals surface area contributed by atoms with Crippen LogP contribution in [0.3, 0.4) is 0 Å². The first-order valence-corrected chi connectivity index (χ1v) is 6.64. The molecule has 1 saturated carbocycles. The first kappa shape index (κ1) is 12.8. The predicted octanol–water partition coefficient (Wildman–Crippen LogP) is 1.92. The maximum Gasteiger partial charge on any atom is 0.331 e. The third-order valence-electron chi connectivity index (χ3n) is 4.09. The van der Waals surface area contributed by atoms with Gasteiger partial charge in [-0.15, -0.1) is 5.10 Å². The molecule has 0 radical (unpaired) electrons. The average molecular weight is 272 g/mol. The summed E-state index contributed by atoms with van der Waals surface area (Å²) >= 11 is 0. The summed E-state index contributed by atoms with van der Waals surface area (Å²) in [6, 6.07) is 6.01. The molecule has 0 bridgehead atoms. The highest BCUT2D eigenvalue weighted by Crippen LogP contribution is 2.41. The van der Waals surface area contributed by atoms with Crippen LogP contribution in [-0.4, -0.2) is 31.3 Å². The van der Waals surface area contributed by atoms with Crippen molar-refractivity contribution >= 4 is 5.97 Å². The van der Waals surface area contributed by atoms with Crippen LogP contribution < -0.4 is 0 Å². The molecule has 1 heterocycles. The van der Waals surface area contributed by atoms with E-state index in [0.29, 0.717) is 18.7 Å². The van der Waals surface area contributed by atoms with Gasteiger partial charge < -0.3 is 5.11 Å². The van der Waals surface area contributed by atoms with E-state index in [1.54, 1.807) is 0 Å². The zero-order valence-corrected chi connectivity index (χ0v) is 11.5. The minimum Gasteiger partial charge on any atom is -0.479 e. The van der Waals surface area contributed by atoms with Crippen molar-refractivity contribution in [1.82, 2.24) is 20.2 Å². The van der Waals surface area contributed by atoms with Gasteiger partial charge in [0.2, 0.25) is 0 Å². The van der Waals surface area contributed by atoms with Crippen molar-refractivity contribution in [2.24, 2.45) is 0 Å². The van der Waals surface area contributed by atoms with Gasteiger partial charge in [0, 0.05) is 5.56 Å². The molecule has 104 valence electrons. The fourth-order valence-electron chi connectivity index (χ4n) is 2.65. The number of aliphatic carboxylic acids is 1. The number of benzene rings is 1. The second kappa shape index (κ2) is 4.40. The molecule has 0 aliphatic heterocycles. The van der Waals surface area contributed by atoms with E-state index < -0.39 is 11.5 Å². The molecular weight excluding hydrogens is 256 g/mol. The zero-order valence-electron chi connectivity index (χ0n) is 11.5. The van der Waals surface area contributed by atoms with E-state index in [1.165, 1.54) is 4.68 Å². The van der Waals surface area contributed by atoms with E-state index in [9.17, 15) is 9.90 Å². The maximum absolute atomic E-state index is 11.6. The molecule has 1 aromatic heterocycles. The molecule has 0 atom stereocenters. The van der Waals surface area contributed by atoms with Crippen LogP contribution >= 0.6 is 0 Å². The van der Waals surface area contributed by atoms with Gasteiger partial charge in [-0.25, -0.2) is 9.48 Å². The van der Waals surface area contributed by atoms with Crippen molar-refractivity contribution in [3.63, 3.8) is 0 Å². The highest BCUT2D eigenvalue weighted by atomic mass is 16.4. The molecule has 1 N–H and O–H groups in total. The first-order chi connectivity index (χ1) is 9.54. The lowest BCUT2D eigenvalue weighted by molar-refractivity contribution is -0.153. The zero-order chi connectivity index (χ0) is 14.3. The lowest BCUT2D eigenvalue weighted by atomic mass is 9.76. The van der Waals surface area contributed by atoms with Gasteiger partial charge in [-0.3, -0.25) is 0 Å². The Balaban J connectivity index is 2.16. The van der Waals surface area contributed by atoms with Crippen LogP contribution in [0.4, 0.5) is 0 Å². The van der Waals surface area contributed by atoms with Crippen LogP contribution in [0, 0.1) is 13.8 Å². The Labute approximate surface area is 116 Å². The van der Waals surface area contributed by atoms with Crippen molar-refractivity contribution in [3.05, 3.63) is 29.3 Å². The Morgan fingerprint density at radius 1 is 1.35 bits per heavy atom. The molecule has 1 aliphatic carbocycles. The Kier molecular flexibility index (Phi) is 2.81. The number of hydrogen-bond acceptors (Lipinski definition) is 4. The Hall–Kier alpha value is -2.24. The molecule has 0 spiro atoms. The third kappa shape index (κ3) is 1.71. The molecule has 6 nitrogen and oxygen atoms in total. The fraction of sp³-hybridized carbons (Fsp3) is 0.429. The molecule has 1 aromatic carbocycles. The van der Waals surface area contributed by atoms with Gasteiger partial charge in [-0.1, -0.05) is 17.7 Å². The number of carboxylic acids is 1. The van der Waals surface area contributed by atoms with E-state index in [2.05, 4.69) is 15.5 Å². The van der Waals surface area contributed by atoms with Gasteiger partial charge in [0.05, 0.1) is 0 Å². The van der Waals surface area contributed by atoms with E-state index >= 15 is 0 Å². The number of tetrazole rings is 1. The smallest absolute Gasteiger partial charge is 0.331 e. The van der Waals surface area contributed by atoms with Crippen LogP contribution in [0.5, 0.6) is 0 Å². The average Bonchev–Trinajstić information content (AvgIpc) is 2.80. The molecule has 1 aliphatic rings. The summed E-state index contributed by atoms with van der Waals surface area (Å²) < 4.78 is 1.49. The molecule has 2 aromatic rings. The van der Waals surface area contributed by atoms with Crippen LogP contribution in [0.25, 0.3) is 11.4 Å². The number of carbonyl (C=O) groups is 1. The summed E-state index contributed by atoms with van der Waals surface area (Å²) in [5, 5.41) is 21.2. The second-order valence-electron chi connectivity index (χ2n) is 5.42. The van der Waals surface area contributed by atoms with Crippen LogP contribution in [-0.2, 0) is 10.3 Å². The van der Waals surface area contributed by atoms with Gasteiger partial charge in [0.25, 0.3) is 0 Å². The van der Waals surface area contributed by atoms with Gasteiger partial charge in [0.1, 0.15) is 0 Å². The SMILES string of the molecule is Cc1ccc(C)c(-c2nnnn2C2(C(=O)O)CCC2)c1. The Bertz CT molecular complexity index is 674. The van der Waals surface area contributed by atoms with Crippen LogP contribution in [0.2, 0.25) is 0 Å². The largest absolute Gasteiger partial charge is 0.479 e. The number of rotatable bonds is 3. The van der Waals surface area contributed by atoms with Crippen molar-refractivity contribution in [2.75, 3.05) is 0 Å². The van der Waals surface area contributed by atoms with Gasteiger partial charge in [-0.2, -0.15) is 0 Å². The summed E-state index contributed by atoms with van der Waals surface area (Å²) in [4.78, 5) is 11.6. The summed E-state index contributed by atoms with van der Waals surface area (Å²) in [7, 11) is 0. The number of aryl methyl sites for hydroxylation is 2. The molecule has 6 heteroatoms. The molecule has 1 fully saturated rings. The summed E-state index contributed by atoms with van der Waals surface area (Å²) in [5.74, 6) is -0.323. The molecular formula is C14H16N4O2. The van der Waals surface area contributed by atoms with Crippen LogP contribution in [0.15, 0.2) is 18.2 Å². The normalized spacial score (nSPS) is 16.7. The second-order valence-corrected chi connectivity index (χ2v) is 5.42.